The van der Waals surface area contributed by atoms with Gasteiger partial charge in [0.15, 0.2) is 0 Å². The average Bonchev–Trinajstić information content (AvgIpc) is 2.57. The van der Waals surface area contributed by atoms with Gasteiger partial charge in [-0.1, -0.05) is 48.9 Å². The topological polar surface area (TPSA) is 322 Å². The van der Waals surface area contributed by atoms with Gasteiger partial charge in [-0.25, -0.2) is 4.39 Å². The number of nitrogens with zero attached hydrogens (tertiary/aromatic N) is 2. The molecule has 6 bridgehead atoms. The first-order chi connectivity index (χ1) is 41.8. The minimum atomic E-state index is -1.52. The third-order valence-corrected chi connectivity index (χ3v) is 15.7. The van der Waals surface area contributed by atoms with Crippen LogP contribution in [0.25, 0.3) is 10.9 Å². The highest BCUT2D eigenvalue weighted by Crippen LogP contribution is 2.31. The van der Waals surface area contributed by atoms with Crippen molar-refractivity contribution in [3.8, 4) is 11.5 Å². The van der Waals surface area contributed by atoms with Crippen molar-refractivity contribution in [1.82, 2.24) is 52.0 Å². The lowest BCUT2D eigenvalue weighted by atomic mass is 9.94. The zero-order valence-corrected chi connectivity index (χ0v) is 48.8. The smallest absolute Gasteiger partial charge is 0.251 e. The standard InChI is InChI=1S/C63H74FN11O12/c1-38-57(80)71-51(31-40-16-21-45(86-3)22-17-40)61(84)75-27-10-24-63(75,2)62(85)73-49(56(65)79)30-39-14-18-42(19-15-39)58(81)66-25-6-4-5-13-53(76)68-36-54(77)70-50-32-41-11-9-12-46(29-41)87-28-8-7-26-74(37-55(78)69-38)60(83)52(72-59(50)82)33-43-35-67-48-23-20-44(64)34-47(43)48/h7-9,11-12,14-23,29,34-35,38,49-52,67H,4-6,10,13,24-28,30-33,36-37H2,1-3H3,(H2,65,79)(H,66,81)(H,68,76)(H,69,78)(H,70,77)(H,71,80)(H,72,82)(H,73,85)/b8-7-/t38-,49-,50-,51-,52?,63-/m0/s1. The fourth-order valence-corrected chi connectivity index (χ4v) is 10.8. The van der Waals surface area contributed by atoms with E-state index in [1.54, 1.807) is 98.1 Å². The Kier molecular flexibility index (Phi) is 21.5. The van der Waals surface area contributed by atoms with Crippen LogP contribution < -0.4 is 52.4 Å². The van der Waals surface area contributed by atoms with Gasteiger partial charge in [0.2, 0.25) is 53.2 Å². The van der Waals surface area contributed by atoms with Gasteiger partial charge in [-0.2, -0.15) is 0 Å². The molecule has 460 valence electrons. The molecule has 10 N–H and O–H groups in total. The first-order valence-corrected chi connectivity index (χ1v) is 29.1. The maximum absolute atomic E-state index is 15.1. The Hall–Kier alpha value is -9.61. The first kappa shape index (κ1) is 63.4. The molecule has 4 aliphatic heterocycles. The molecule has 0 aliphatic carbocycles. The molecule has 87 heavy (non-hydrogen) atoms. The van der Waals surface area contributed by atoms with Crippen LogP contribution in [0, 0.1) is 5.82 Å². The Morgan fingerprint density at radius 1 is 0.747 bits per heavy atom. The second kappa shape index (κ2) is 29.5. The van der Waals surface area contributed by atoms with Gasteiger partial charge in [0.1, 0.15) is 59.7 Å². The molecule has 9 rings (SSSR count). The summed E-state index contributed by atoms with van der Waals surface area (Å²) in [5.41, 5.74) is 7.40. The number of nitrogens with two attached hydrogens (primary N) is 1. The molecule has 5 heterocycles. The third-order valence-electron chi connectivity index (χ3n) is 15.7. The Bertz CT molecular complexity index is 3390. The fraction of sp³-hybridized carbons (Fsp3) is 0.397. The van der Waals surface area contributed by atoms with Crippen molar-refractivity contribution in [3.05, 3.63) is 143 Å². The van der Waals surface area contributed by atoms with Crippen molar-refractivity contribution < 1.29 is 61.8 Å². The molecule has 24 heteroatoms. The minimum Gasteiger partial charge on any atom is -0.497 e. The van der Waals surface area contributed by atoms with E-state index in [2.05, 4.69) is 42.2 Å². The molecule has 4 aromatic carbocycles. The summed E-state index contributed by atoms with van der Waals surface area (Å²) < 4.78 is 26.1. The number of amides is 10. The lowest BCUT2D eigenvalue weighted by Crippen LogP contribution is -2.63. The Balaban J connectivity index is 1.10. The van der Waals surface area contributed by atoms with Gasteiger partial charge in [0.05, 0.1) is 20.2 Å². The van der Waals surface area contributed by atoms with Gasteiger partial charge in [0.25, 0.3) is 5.91 Å². The summed E-state index contributed by atoms with van der Waals surface area (Å²) in [4.78, 5) is 146. The lowest BCUT2D eigenvalue weighted by Gasteiger charge is -2.37. The van der Waals surface area contributed by atoms with Gasteiger partial charge >= 0.3 is 0 Å². The minimum absolute atomic E-state index is 0.0208. The lowest BCUT2D eigenvalue weighted by molar-refractivity contribution is -0.147. The second-order valence-electron chi connectivity index (χ2n) is 22.2. The molecule has 4 aliphatic rings. The van der Waals surface area contributed by atoms with E-state index in [1.165, 1.54) is 37.1 Å². The van der Waals surface area contributed by atoms with E-state index in [9.17, 15) is 47.5 Å². The molecule has 1 fully saturated rings. The summed E-state index contributed by atoms with van der Waals surface area (Å²) in [6.07, 6.45) is 6.53. The Labute approximate surface area is 502 Å². The van der Waals surface area contributed by atoms with Crippen LogP contribution in [0.4, 0.5) is 4.39 Å². The van der Waals surface area contributed by atoms with Gasteiger partial charge in [-0.15, -0.1) is 0 Å². The average molecular weight is 1200 g/mol. The van der Waals surface area contributed by atoms with E-state index in [1.807, 2.05) is 0 Å². The third kappa shape index (κ3) is 17.1. The van der Waals surface area contributed by atoms with Crippen molar-refractivity contribution in [1.29, 1.82) is 0 Å². The molecule has 0 spiro atoms. The number of hydrogen-bond donors (Lipinski definition) is 9. The first-order valence-electron chi connectivity index (χ1n) is 29.1. The van der Waals surface area contributed by atoms with Crippen molar-refractivity contribution >= 4 is 70.0 Å². The van der Waals surface area contributed by atoms with Crippen molar-refractivity contribution in [3.63, 3.8) is 0 Å². The molecule has 10 amide bonds. The summed E-state index contributed by atoms with van der Waals surface area (Å²) in [6, 6.07) is 17.5. The molecule has 6 atom stereocenters. The Morgan fingerprint density at radius 2 is 1.51 bits per heavy atom. The van der Waals surface area contributed by atoms with Crippen LogP contribution in [0.5, 0.6) is 11.5 Å². The van der Waals surface area contributed by atoms with E-state index in [-0.39, 0.29) is 64.1 Å². The monoisotopic (exact) mass is 1200 g/mol. The molecule has 0 radical (unpaired) electrons. The summed E-state index contributed by atoms with van der Waals surface area (Å²) in [5, 5.41) is 19.6. The SMILES string of the molecule is COc1ccc(C[C@@H]2NC(=O)[C@H](C)NC(=O)CN3C/C=C\COc4cccc(c4)C[C@H](NC(=O)CNC(=O)CCCCCNC(=O)c4ccc(cc4)C[C@@H](C(N)=O)NC(=O)[C@]4(C)CCCN4C2=O)C(=O)NC(Cc2c[nH]c4ccc(F)cc24)C3=O)cc1. The van der Waals surface area contributed by atoms with Crippen molar-refractivity contribution in [2.75, 3.05) is 46.4 Å². The summed E-state index contributed by atoms with van der Waals surface area (Å²) in [6.45, 7) is 2.00. The maximum Gasteiger partial charge on any atom is 0.251 e. The number of carbonyl (C=O) groups excluding carboxylic acids is 10. The summed E-state index contributed by atoms with van der Waals surface area (Å²) >= 11 is 0. The highest BCUT2D eigenvalue weighted by molar-refractivity contribution is 5.99. The number of fused-ring (bicyclic) bond motifs is 26. The van der Waals surface area contributed by atoms with Gasteiger partial charge in [-0.3, -0.25) is 47.9 Å². The molecule has 0 saturated carbocycles. The van der Waals surface area contributed by atoms with E-state index >= 15 is 4.79 Å². The van der Waals surface area contributed by atoms with Gasteiger partial charge in [-0.05, 0) is 122 Å². The summed E-state index contributed by atoms with van der Waals surface area (Å²) in [5.74, 6) is -6.42. The number of aromatic nitrogens is 1. The number of carbonyl (C=O) groups is 10. The van der Waals surface area contributed by atoms with E-state index < -0.39 is 108 Å². The molecule has 1 aromatic heterocycles. The largest absolute Gasteiger partial charge is 0.497 e. The number of halogens is 1. The number of rotatable bonds is 6. The number of ether oxygens (including phenoxy) is 2. The molecule has 23 nitrogen and oxygen atoms in total. The van der Waals surface area contributed by atoms with E-state index in [0.29, 0.717) is 82.4 Å². The molecular weight excluding hydrogens is 1120 g/mol. The van der Waals surface area contributed by atoms with E-state index in [4.69, 9.17) is 15.2 Å². The number of methoxy groups -OCH3 is 1. The van der Waals surface area contributed by atoms with Gasteiger partial charge in [0, 0.05) is 74.4 Å². The zero-order chi connectivity index (χ0) is 62.2. The van der Waals surface area contributed by atoms with Crippen molar-refractivity contribution in [2.45, 2.75) is 114 Å². The highest BCUT2D eigenvalue weighted by Gasteiger charge is 2.48. The number of nitrogens with one attached hydrogen (secondary N) is 8. The molecule has 1 unspecified atom stereocenters. The zero-order valence-electron chi connectivity index (χ0n) is 48.8. The summed E-state index contributed by atoms with van der Waals surface area (Å²) in [7, 11) is 1.50. The number of aromatic amines is 1. The second-order valence-corrected chi connectivity index (χ2v) is 22.2. The maximum atomic E-state index is 15.1. The van der Waals surface area contributed by atoms with E-state index in [0.717, 1.165) is 4.90 Å². The van der Waals surface area contributed by atoms with Crippen LogP contribution in [0.2, 0.25) is 0 Å². The van der Waals surface area contributed by atoms with Crippen molar-refractivity contribution in [2.24, 2.45) is 5.73 Å². The normalized spacial score (nSPS) is 23.6. The quantitative estimate of drug-likeness (QED) is 0.111. The van der Waals surface area contributed by atoms with Crippen LogP contribution in [0.1, 0.15) is 85.0 Å². The molecule has 1 saturated heterocycles. The number of H-pyrrole nitrogens is 1. The van der Waals surface area contributed by atoms with Crippen LogP contribution in [0.15, 0.2) is 109 Å². The number of primary amides is 1. The number of benzene rings is 4. The van der Waals surface area contributed by atoms with Crippen LogP contribution in [-0.4, -0.2) is 156 Å². The number of hydrogen-bond acceptors (Lipinski definition) is 12. The fourth-order valence-electron chi connectivity index (χ4n) is 10.8. The predicted molar refractivity (Wildman–Crippen MR) is 318 cm³/mol. The van der Waals surface area contributed by atoms with Crippen LogP contribution >= 0.6 is 0 Å². The van der Waals surface area contributed by atoms with Gasteiger partial charge < -0.3 is 67.2 Å². The van der Waals surface area contributed by atoms with Crippen LogP contribution in [0.3, 0.4) is 0 Å². The highest BCUT2D eigenvalue weighted by atomic mass is 19.1. The molecular formula is C63H74FN11O12. The molecule has 5 aromatic rings. The van der Waals surface area contributed by atoms with Crippen LogP contribution in [-0.2, 0) is 68.8 Å². The Morgan fingerprint density at radius 3 is 2.26 bits per heavy atom. The predicted octanol–water partition coefficient (Wildman–Crippen LogP) is 2.09.